The molecule has 4 heteroatoms. The van der Waals surface area contributed by atoms with Gasteiger partial charge in [0, 0.05) is 30.7 Å². The predicted molar refractivity (Wildman–Crippen MR) is 88.5 cm³/mol. The smallest absolute Gasteiger partial charge is 0.162 e. The largest absolute Gasteiger partial charge is 0.383 e. The zero-order valence-corrected chi connectivity index (χ0v) is 12.5. The molecule has 0 aliphatic heterocycles. The summed E-state index contributed by atoms with van der Waals surface area (Å²) in [5, 5.41) is 0.905. The average molecular weight is 278 g/mol. The Balaban J connectivity index is 2.21. The highest BCUT2D eigenvalue weighted by Gasteiger charge is 2.09. The second-order valence-electron chi connectivity index (χ2n) is 5.35. The van der Waals surface area contributed by atoms with E-state index in [0.717, 1.165) is 27.7 Å². The summed E-state index contributed by atoms with van der Waals surface area (Å²) in [5.74, 6) is 1.19. The van der Waals surface area contributed by atoms with E-state index in [1.54, 1.807) is 0 Å². The molecule has 1 heterocycles. The Morgan fingerprint density at radius 1 is 1.00 bits per heavy atom. The van der Waals surface area contributed by atoms with Gasteiger partial charge in [0.2, 0.25) is 0 Å². The molecule has 0 saturated carbocycles. The minimum Gasteiger partial charge on any atom is -0.383 e. The van der Waals surface area contributed by atoms with Crippen molar-refractivity contribution in [1.82, 2.24) is 9.97 Å². The first-order chi connectivity index (χ1) is 10.1. The van der Waals surface area contributed by atoms with E-state index >= 15 is 0 Å². The van der Waals surface area contributed by atoms with Crippen LogP contribution in [0.1, 0.15) is 5.56 Å². The molecular weight excluding hydrogens is 260 g/mol. The van der Waals surface area contributed by atoms with Crippen LogP contribution in [0.15, 0.2) is 42.5 Å². The number of benzene rings is 2. The van der Waals surface area contributed by atoms with Crippen molar-refractivity contribution < 1.29 is 0 Å². The van der Waals surface area contributed by atoms with Crippen LogP contribution < -0.4 is 10.6 Å². The molecule has 0 radical (unpaired) electrons. The SMILES string of the molecule is Cc1cccc2c(N)nc(-c3cccc(N(C)C)c3)nc12. The summed E-state index contributed by atoms with van der Waals surface area (Å²) >= 11 is 0. The quantitative estimate of drug-likeness (QED) is 0.781. The van der Waals surface area contributed by atoms with Gasteiger partial charge < -0.3 is 10.6 Å². The maximum Gasteiger partial charge on any atom is 0.162 e. The third-order valence-corrected chi connectivity index (χ3v) is 3.58. The molecular formula is C17H18N4. The molecule has 0 fully saturated rings. The molecule has 0 atom stereocenters. The zero-order chi connectivity index (χ0) is 15.0. The van der Waals surface area contributed by atoms with Gasteiger partial charge in [-0.15, -0.1) is 0 Å². The number of anilines is 2. The second-order valence-corrected chi connectivity index (χ2v) is 5.35. The number of aromatic nitrogens is 2. The number of fused-ring (bicyclic) bond motifs is 1. The molecule has 21 heavy (non-hydrogen) atoms. The molecule has 0 saturated heterocycles. The summed E-state index contributed by atoms with van der Waals surface area (Å²) in [4.78, 5) is 11.2. The third-order valence-electron chi connectivity index (χ3n) is 3.58. The fourth-order valence-corrected chi connectivity index (χ4v) is 2.37. The molecule has 0 amide bonds. The molecule has 0 unspecified atom stereocenters. The van der Waals surface area contributed by atoms with E-state index < -0.39 is 0 Å². The Morgan fingerprint density at radius 2 is 1.76 bits per heavy atom. The van der Waals surface area contributed by atoms with Crippen LogP contribution in [-0.2, 0) is 0 Å². The van der Waals surface area contributed by atoms with E-state index in [1.165, 1.54) is 0 Å². The Labute approximate surface area is 124 Å². The van der Waals surface area contributed by atoms with Gasteiger partial charge in [-0.1, -0.05) is 24.3 Å². The van der Waals surface area contributed by atoms with Gasteiger partial charge in [0.25, 0.3) is 0 Å². The Hall–Kier alpha value is -2.62. The van der Waals surface area contributed by atoms with Gasteiger partial charge >= 0.3 is 0 Å². The maximum atomic E-state index is 6.10. The van der Waals surface area contributed by atoms with Gasteiger partial charge in [-0.05, 0) is 30.7 Å². The van der Waals surface area contributed by atoms with Crippen molar-refractivity contribution in [3.8, 4) is 11.4 Å². The zero-order valence-electron chi connectivity index (χ0n) is 12.5. The van der Waals surface area contributed by atoms with Crippen LogP contribution >= 0.6 is 0 Å². The molecule has 106 valence electrons. The van der Waals surface area contributed by atoms with Crippen LogP contribution in [-0.4, -0.2) is 24.1 Å². The predicted octanol–water partition coefficient (Wildman–Crippen LogP) is 3.25. The Morgan fingerprint density at radius 3 is 2.52 bits per heavy atom. The number of rotatable bonds is 2. The topological polar surface area (TPSA) is 55.0 Å². The highest BCUT2D eigenvalue weighted by Crippen LogP contribution is 2.26. The van der Waals surface area contributed by atoms with Crippen molar-refractivity contribution in [3.63, 3.8) is 0 Å². The van der Waals surface area contributed by atoms with Gasteiger partial charge in [0.1, 0.15) is 5.82 Å². The van der Waals surface area contributed by atoms with Crippen molar-refractivity contribution in [1.29, 1.82) is 0 Å². The summed E-state index contributed by atoms with van der Waals surface area (Å²) < 4.78 is 0. The van der Waals surface area contributed by atoms with E-state index in [4.69, 9.17) is 10.7 Å². The highest BCUT2D eigenvalue weighted by molar-refractivity contribution is 5.91. The maximum absolute atomic E-state index is 6.10. The normalized spacial score (nSPS) is 10.8. The first-order valence-electron chi connectivity index (χ1n) is 6.87. The van der Waals surface area contributed by atoms with Crippen molar-refractivity contribution in [2.24, 2.45) is 0 Å². The number of para-hydroxylation sites is 1. The Bertz CT molecular complexity index is 809. The fraction of sp³-hybridized carbons (Fsp3) is 0.176. The van der Waals surface area contributed by atoms with Gasteiger partial charge in [-0.2, -0.15) is 0 Å². The lowest BCUT2D eigenvalue weighted by atomic mass is 10.1. The first kappa shape index (κ1) is 13.4. The van der Waals surface area contributed by atoms with E-state index in [0.29, 0.717) is 11.6 Å². The lowest BCUT2D eigenvalue weighted by molar-refractivity contribution is 1.13. The molecule has 4 nitrogen and oxygen atoms in total. The van der Waals surface area contributed by atoms with Crippen molar-refractivity contribution >= 4 is 22.4 Å². The standard InChI is InChI=1S/C17H18N4/c1-11-6-4-9-14-15(11)19-17(20-16(14)18)12-7-5-8-13(10-12)21(2)3/h4-10H,1-3H3,(H2,18,19,20). The van der Waals surface area contributed by atoms with Gasteiger partial charge in [0.05, 0.1) is 5.52 Å². The van der Waals surface area contributed by atoms with Crippen LogP contribution in [0.4, 0.5) is 11.5 Å². The summed E-state index contributed by atoms with van der Waals surface area (Å²) in [7, 11) is 4.03. The molecule has 0 bridgehead atoms. The highest BCUT2D eigenvalue weighted by atomic mass is 15.1. The fourth-order valence-electron chi connectivity index (χ4n) is 2.37. The number of hydrogen-bond acceptors (Lipinski definition) is 4. The Kier molecular flexibility index (Phi) is 3.22. The lowest BCUT2D eigenvalue weighted by Crippen LogP contribution is -2.08. The number of nitrogen functional groups attached to an aromatic ring is 1. The number of nitrogens with zero attached hydrogens (tertiary/aromatic N) is 3. The number of aryl methyl sites for hydroxylation is 1. The lowest BCUT2D eigenvalue weighted by Gasteiger charge is -2.13. The minimum absolute atomic E-state index is 0.522. The van der Waals surface area contributed by atoms with E-state index in [1.807, 2.05) is 51.4 Å². The van der Waals surface area contributed by atoms with Gasteiger partial charge in [-0.3, -0.25) is 0 Å². The molecule has 1 aromatic heterocycles. The summed E-state index contributed by atoms with van der Waals surface area (Å²) in [6, 6.07) is 14.1. The number of hydrogen-bond donors (Lipinski definition) is 1. The third kappa shape index (κ3) is 2.40. The van der Waals surface area contributed by atoms with Crippen LogP contribution in [0.5, 0.6) is 0 Å². The van der Waals surface area contributed by atoms with Crippen molar-refractivity contribution in [2.75, 3.05) is 24.7 Å². The summed E-state index contributed by atoms with van der Waals surface area (Å²) in [5.41, 5.74) is 10.2. The van der Waals surface area contributed by atoms with Crippen molar-refractivity contribution in [2.45, 2.75) is 6.92 Å². The van der Waals surface area contributed by atoms with E-state index in [-0.39, 0.29) is 0 Å². The van der Waals surface area contributed by atoms with Crippen LogP contribution in [0.3, 0.4) is 0 Å². The van der Waals surface area contributed by atoms with Gasteiger partial charge in [0.15, 0.2) is 5.82 Å². The summed E-state index contributed by atoms with van der Waals surface area (Å²) in [6.07, 6.45) is 0. The van der Waals surface area contributed by atoms with Crippen LogP contribution in [0, 0.1) is 6.92 Å². The van der Waals surface area contributed by atoms with Crippen LogP contribution in [0.25, 0.3) is 22.3 Å². The summed E-state index contributed by atoms with van der Waals surface area (Å²) in [6.45, 7) is 2.04. The molecule has 0 aliphatic carbocycles. The molecule has 0 spiro atoms. The van der Waals surface area contributed by atoms with Crippen LogP contribution in [0.2, 0.25) is 0 Å². The molecule has 3 aromatic rings. The van der Waals surface area contributed by atoms with Gasteiger partial charge in [-0.25, -0.2) is 9.97 Å². The molecule has 2 aromatic carbocycles. The minimum atomic E-state index is 0.522. The first-order valence-corrected chi connectivity index (χ1v) is 6.87. The van der Waals surface area contributed by atoms with E-state index in [2.05, 4.69) is 22.0 Å². The van der Waals surface area contributed by atoms with Crippen molar-refractivity contribution in [3.05, 3.63) is 48.0 Å². The number of nitrogens with two attached hydrogens (primary N) is 1. The molecule has 3 rings (SSSR count). The average Bonchev–Trinajstić information content (AvgIpc) is 2.48. The second kappa shape index (κ2) is 5.05. The monoisotopic (exact) mass is 278 g/mol. The van der Waals surface area contributed by atoms with E-state index in [9.17, 15) is 0 Å². The molecule has 0 aliphatic rings. The molecule has 2 N–H and O–H groups in total.